The van der Waals surface area contributed by atoms with Crippen LogP contribution in [0, 0.1) is 11.3 Å². The molecule has 3 nitrogen and oxygen atoms in total. The number of hydrogen-bond donors (Lipinski definition) is 1. The SMILES string of the molecule is C[C@@H]1CCCC(C)(C)[C@@H]1OC(=O)O. The normalized spacial score (nSPS) is 32.5. The number of ether oxygens (including phenoxy) is 1. The van der Waals surface area contributed by atoms with Crippen molar-refractivity contribution in [3.05, 3.63) is 0 Å². The maximum absolute atomic E-state index is 10.5. The lowest BCUT2D eigenvalue weighted by atomic mass is 9.70. The molecule has 76 valence electrons. The topological polar surface area (TPSA) is 46.5 Å². The second-order valence-corrected chi connectivity index (χ2v) is 4.66. The van der Waals surface area contributed by atoms with Crippen molar-refractivity contribution in [2.75, 3.05) is 0 Å². The maximum Gasteiger partial charge on any atom is 0.506 e. The molecule has 0 aromatic carbocycles. The minimum absolute atomic E-state index is 0.00391. The molecule has 0 amide bonds. The first-order valence-electron chi connectivity index (χ1n) is 4.83. The Hall–Kier alpha value is -0.730. The zero-order chi connectivity index (χ0) is 10.1. The van der Waals surface area contributed by atoms with Crippen LogP contribution in [0.5, 0.6) is 0 Å². The molecule has 0 radical (unpaired) electrons. The molecular weight excluding hydrogens is 168 g/mol. The van der Waals surface area contributed by atoms with Crippen molar-refractivity contribution in [1.29, 1.82) is 0 Å². The summed E-state index contributed by atoms with van der Waals surface area (Å²) in [5, 5.41) is 8.59. The molecule has 0 saturated heterocycles. The second kappa shape index (κ2) is 3.56. The Balaban J connectivity index is 2.68. The molecule has 1 saturated carbocycles. The molecule has 3 heteroatoms. The monoisotopic (exact) mass is 186 g/mol. The average Bonchev–Trinajstić information content (AvgIpc) is 1.96. The van der Waals surface area contributed by atoms with Gasteiger partial charge < -0.3 is 9.84 Å². The summed E-state index contributed by atoms with van der Waals surface area (Å²) < 4.78 is 4.94. The van der Waals surface area contributed by atoms with Crippen molar-refractivity contribution in [1.82, 2.24) is 0 Å². The lowest BCUT2D eigenvalue weighted by Crippen LogP contribution is -2.41. The highest BCUT2D eigenvalue weighted by molar-refractivity contribution is 5.57. The molecule has 0 bridgehead atoms. The summed E-state index contributed by atoms with van der Waals surface area (Å²) in [6.45, 7) is 6.22. The van der Waals surface area contributed by atoms with Crippen LogP contribution in [0.2, 0.25) is 0 Å². The van der Waals surface area contributed by atoms with E-state index in [9.17, 15) is 4.79 Å². The van der Waals surface area contributed by atoms with Gasteiger partial charge in [0.25, 0.3) is 0 Å². The van der Waals surface area contributed by atoms with E-state index in [4.69, 9.17) is 9.84 Å². The molecule has 0 aromatic heterocycles. The lowest BCUT2D eigenvalue weighted by Gasteiger charge is -2.41. The Kier molecular flexibility index (Phi) is 2.84. The van der Waals surface area contributed by atoms with Gasteiger partial charge in [0.15, 0.2) is 0 Å². The zero-order valence-electron chi connectivity index (χ0n) is 8.54. The molecule has 13 heavy (non-hydrogen) atoms. The van der Waals surface area contributed by atoms with E-state index in [1.807, 2.05) is 0 Å². The van der Waals surface area contributed by atoms with Crippen molar-refractivity contribution in [2.45, 2.75) is 46.1 Å². The van der Waals surface area contributed by atoms with E-state index >= 15 is 0 Å². The fraction of sp³-hybridized carbons (Fsp3) is 0.900. The van der Waals surface area contributed by atoms with Crippen LogP contribution < -0.4 is 0 Å². The molecule has 0 spiro atoms. The van der Waals surface area contributed by atoms with Crippen LogP contribution in [0.1, 0.15) is 40.0 Å². The molecule has 1 aliphatic carbocycles. The van der Waals surface area contributed by atoms with E-state index in [1.54, 1.807) is 0 Å². The number of rotatable bonds is 1. The predicted octanol–water partition coefficient (Wildman–Crippen LogP) is 2.90. The van der Waals surface area contributed by atoms with Crippen molar-refractivity contribution in [3.8, 4) is 0 Å². The third-order valence-corrected chi connectivity index (χ3v) is 3.00. The van der Waals surface area contributed by atoms with Crippen LogP contribution in [-0.4, -0.2) is 17.4 Å². The van der Waals surface area contributed by atoms with E-state index < -0.39 is 6.16 Å². The second-order valence-electron chi connectivity index (χ2n) is 4.66. The Morgan fingerprint density at radius 3 is 2.62 bits per heavy atom. The smallest absolute Gasteiger partial charge is 0.450 e. The van der Waals surface area contributed by atoms with Crippen LogP contribution >= 0.6 is 0 Å². The molecule has 1 fully saturated rings. The molecule has 1 aliphatic rings. The van der Waals surface area contributed by atoms with E-state index in [1.165, 1.54) is 6.42 Å². The van der Waals surface area contributed by atoms with E-state index in [2.05, 4.69) is 20.8 Å². The van der Waals surface area contributed by atoms with Crippen LogP contribution in [0.15, 0.2) is 0 Å². The van der Waals surface area contributed by atoms with Gasteiger partial charge in [0, 0.05) is 5.41 Å². The third-order valence-electron chi connectivity index (χ3n) is 3.00. The van der Waals surface area contributed by atoms with Crippen LogP contribution in [0.25, 0.3) is 0 Å². The Morgan fingerprint density at radius 1 is 1.54 bits per heavy atom. The average molecular weight is 186 g/mol. The fourth-order valence-electron chi connectivity index (χ4n) is 2.33. The maximum atomic E-state index is 10.5. The summed E-state index contributed by atoms with van der Waals surface area (Å²) in [5.74, 6) is 0.347. The molecular formula is C10H18O3. The summed E-state index contributed by atoms with van der Waals surface area (Å²) in [6, 6.07) is 0. The molecule has 0 heterocycles. The summed E-state index contributed by atoms with van der Waals surface area (Å²) >= 11 is 0. The van der Waals surface area contributed by atoms with Gasteiger partial charge in [-0.1, -0.05) is 27.2 Å². The van der Waals surface area contributed by atoms with Gasteiger partial charge >= 0.3 is 6.16 Å². The van der Waals surface area contributed by atoms with Gasteiger partial charge in [-0.05, 0) is 18.8 Å². The van der Waals surface area contributed by atoms with Gasteiger partial charge in [0.05, 0.1) is 0 Å². The fourth-order valence-corrected chi connectivity index (χ4v) is 2.33. The summed E-state index contributed by atoms with van der Waals surface area (Å²) in [5.41, 5.74) is -0.00391. The zero-order valence-corrected chi connectivity index (χ0v) is 8.54. The van der Waals surface area contributed by atoms with E-state index in [-0.39, 0.29) is 11.5 Å². The van der Waals surface area contributed by atoms with Crippen LogP contribution in [-0.2, 0) is 4.74 Å². The standard InChI is InChI=1S/C10H18O3/c1-7-5-4-6-10(2,3)8(7)13-9(11)12/h7-8H,4-6H2,1-3H3,(H,11,12)/t7-,8-/m1/s1. The number of hydrogen-bond acceptors (Lipinski definition) is 2. The van der Waals surface area contributed by atoms with Gasteiger partial charge in [-0.3, -0.25) is 0 Å². The van der Waals surface area contributed by atoms with Gasteiger partial charge in [-0.25, -0.2) is 4.79 Å². The summed E-state index contributed by atoms with van der Waals surface area (Å²) in [7, 11) is 0. The molecule has 0 aromatic rings. The lowest BCUT2D eigenvalue weighted by molar-refractivity contribution is -0.0564. The molecule has 1 rings (SSSR count). The largest absolute Gasteiger partial charge is 0.506 e. The Bertz CT molecular complexity index is 198. The predicted molar refractivity (Wildman–Crippen MR) is 49.7 cm³/mol. The highest BCUT2D eigenvalue weighted by Crippen LogP contribution is 2.40. The minimum Gasteiger partial charge on any atom is -0.450 e. The van der Waals surface area contributed by atoms with Crippen molar-refractivity contribution >= 4 is 6.16 Å². The van der Waals surface area contributed by atoms with Crippen LogP contribution in [0.3, 0.4) is 0 Å². The first-order valence-corrected chi connectivity index (χ1v) is 4.83. The Labute approximate surface area is 79.1 Å². The molecule has 0 unspecified atom stereocenters. The summed E-state index contributed by atoms with van der Waals surface area (Å²) in [6.07, 6.45) is 2.01. The Morgan fingerprint density at radius 2 is 2.15 bits per heavy atom. The number of carboxylic acid groups (broad SMARTS) is 1. The van der Waals surface area contributed by atoms with Crippen molar-refractivity contribution in [2.24, 2.45) is 11.3 Å². The third kappa shape index (κ3) is 2.36. The highest BCUT2D eigenvalue weighted by atomic mass is 16.7. The quantitative estimate of drug-likeness (QED) is 0.640. The van der Waals surface area contributed by atoms with Gasteiger partial charge in [-0.15, -0.1) is 0 Å². The minimum atomic E-state index is -1.15. The van der Waals surface area contributed by atoms with Crippen LogP contribution in [0.4, 0.5) is 4.79 Å². The van der Waals surface area contributed by atoms with E-state index in [0.717, 1.165) is 12.8 Å². The molecule has 0 aliphatic heterocycles. The first kappa shape index (κ1) is 10.4. The molecule has 1 N–H and O–H groups in total. The first-order chi connectivity index (χ1) is 5.93. The van der Waals surface area contributed by atoms with Crippen molar-refractivity contribution < 1.29 is 14.6 Å². The summed E-state index contributed by atoms with van der Waals surface area (Å²) in [4.78, 5) is 10.5. The van der Waals surface area contributed by atoms with Gasteiger partial charge in [0.2, 0.25) is 0 Å². The van der Waals surface area contributed by atoms with Crippen molar-refractivity contribution in [3.63, 3.8) is 0 Å². The number of carbonyl (C=O) groups is 1. The van der Waals surface area contributed by atoms with Gasteiger partial charge in [-0.2, -0.15) is 0 Å². The molecule has 2 atom stereocenters. The van der Waals surface area contributed by atoms with Gasteiger partial charge in [0.1, 0.15) is 6.10 Å². The highest BCUT2D eigenvalue weighted by Gasteiger charge is 2.39. The van der Waals surface area contributed by atoms with E-state index in [0.29, 0.717) is 5.92 Å².